The number of amides is 1. The summed E-state index contributed by atoms with van der Waals surface area (Å²) in [5.74, 6) is 0.712. The Kier molecular flexibility index (Phi) is 7.18. The van der Waals surface area contributed by atoms with Gasteiger partial charge in [0.1, 0.15) is 5.75 Å². The van der Waals surface area contributed by atoms with Gasteiger partial charge in [-0.3, -0.25) is 4.79 Å². The number of aromatic hydroxyl groups is 1. The molecule has 29 heavy (non-hydrogen) atoms. The summed E-state index contributed by atoms with van der Waals surface area (Å²) >= 11 is 1.50. The van der Waals surface area contributed by atoms with E-state index < -0.39 is 5.91 Å². The van der Waals surface area contributed by atoms with Gasteiger partial charge in [0.05, 0.1) is 6.21 Å². The largest absolute Gasteiger partial charge is 0.507 e. The van der Waals surface area contributed by atoms with E-state index in [0.717, 1.165) is 11.4 Å². The second kappa shape index (κ2) is 10.2. The molecule has 2 N–H and O–H groups in total. The van der Waals surface area contributed by atoms with E-state index in [4.69, 9.17) is 4.74 Å². The fraction of sp³-hybridized carbons (Fsp3) is 0.143. The number of nitrogens with one attached hydrogen (secondary N) is 1. The molecule has 0 spiro atoms. The number of hydrogen-bond acceptors (Lipinski definition) is 7. The van der Waals surface area contributed by atoms with Crippen molar-refractivity contribution in [1.82, 2.24) is 15.4 Å². The quantitative estimate of drug-likeness (QED) is 0.257. The molecule has 3 aromatic rings. The Morgan fingerprint density at radius 3 is 2.72 bits per heavy atom. The van der Waals surface area contributed by atoms with Crippen LogP contribution in [0.15, 0.2) is 70.9 Å². The van der Waals surface area contributed by atoms with Crippen molar-refractivity contribution in [2.75, 3.05) is 6.61 Å². The third kappa shape index (κ3) is 6.62. The molecule has 1 heterocycles. The van der Waals surface area contributed by atoms with Crippen LogP contribution in [0.4, 0.5) is 0 Å². The second-order valence-corrected chi connectivity index (χ2v) is 6.99. The molecule has 2 aromatic carbocycles. The summed E-state index contributed by atoms with van der Waals surface area (Å²) in [5.41, 5.74) is 4.78. The maximum Gasteiger partial charge on any atom is 0.278 e. The first-order chi connectivity index (χ1) is 14.1. The van der Waals surface area contributed by atoms with Crippen LogP contribution >= 0.6 is 11.8 Å². The van der Waals surface area contributed by atoms with Crippen molar-refractivity contribution in [3.8, 4) is 11.6 Å². The van der Waals surface area contributed by atoms with Crippen LogP contribution in [-0.2, 0) is 10.5 Å². The number of aromatic nitrogens is 2. The number of phenolic OH excluding ortho intramolecular Hbond substituents is 1. The summed E-state index contributed by atoms with van der Waals surface area (Å²) < 4.78 is 5.47. The maximum absolute atomic E-state index is 11.9. The van der Waals surface area contributed by atoms with Gasteiger partial charge in [-0.1, -0.05) is 54.2 Å². The van der Waals surface area contributed by atoms with Gasteiger partial charge in [-0.05, 0) is 24.6 Å². The standard InChI is InChI=1S/C21H20N4O3S/c1-15-11-20(24-21(23-15)29-14-16-7-3-2-4-8-16)28-13-19(27)25-22-12-17-9-5-6-10-18(17)26/h2-12,26H,13-14H2,1H3,(H,25,27)/b22-12-. The van der Waals surface area contributed by atoms with Crippen LogP contribution in [0, 0.1) is 6.92 Å². The number of aryl methyl sites for hydroxylation is 1. The molecule has 0 bridgehead atoms. The van der Waals surface area contributed by atoms with Crippen LogP contribution in [-0.4, -0.2) is 33.8 Å². The summed E-state index contributed by atoms with van der Waals surface area (Å²) in [7, 11) is 0. The highest BCUT2D eigenvalue weighted by atomic mass is 32.2. The Morgan fingerprint density at radius 2 is 1.93 bits per heavy atom. The number of rotatable bonds is 8. The third-order valence-electron chi connectivity index (χ3n) is 3.70. The number of carbonyl (C=O) groups is 1. The number of carbonyl (C=O) groups excluding carboxylic acids is 1. The van der Waals surface area contributed by atoms with E-state index in [9.17, 15) is 9.90 Å². The lowest BCUT2D eigenvalue weighted by atomic mass is 10.2. The van der Waals surface area contributed by atoms with Crippen molar-refractivity contribution < 1.29 is 14.6 Å². The van der Waals surface area contributed by atoms with Gasteiger partial charge >= 0.3 is 0 Å². The summed E-state index contributed by atoms with van der Waals surface area (Å²) in [6.07, 6.45) is 1.36. The number of nitrogens with zero attached hydrogens (tertiary/aromatic N) is 3. The summed E-state index contributed by atoms with van der Waals surface area (Å²) in [6, 6.07) is 18.4. The summed E-state index contributed by atoms with van der Waals surface area (Å²) in [5, 5.41) is 14.0. The number of hydrazone groups is 1. The molecule has 1 amide bonds. The van der Waals surface area contributed by atoms with Crippen LogP contribution in [0.1, 0.15) is 16.8 Å². The van der Waals surface area contributed by atoms with Gasteiger partial charge in [0.2, 0.25) is 5.88 Å². The molecule has 3 rings (SSSR count). The normalized spacial score (nSPS) is 10.8. The zero-order valence-electron chi connectivity index (χ0n) is 15.8. The van der Waals surface area contributed by atoms with Crippen molar-refractivity contribution in [2.45, 2.75) is 17.8 Å². The second-order valence-electron chi connectivity index (χ2n) is 6.05. The Morgan fingerprint density at radius 1 is 1.17 bits per heavy atom. The van der Waals surface area contributed by atoms with E-state index >= 15 is 0 Å². The SMILES string of the molecule is Cc1cc(OCC(=O)N/N=C\c2ccccc2O)nc(SCc2ccccc2)n1. The molecule has 0 aliphatic heterocycles. The molecule has 0 fully saturated rings. The van der Waals surface area contributed by atoms with Gasteiger partial charge < -0.3 is 9.84 Å². The van der Waals surface area contributed by atoms with Crippen molar-refractivity contribution in [3.05, 3.63) is 77.5 Å². The number of hydrogen-bond donors (Lipinski definition) is 2. The first-order valence-corrected chi connectivity index (χ1v) is 9.84. The van der Waals surface area contributed by atoms with E-state index in [1.807, 2.05) is 37.3 Å². The lowest BCUT2D eigenvalue weighted by Gasteiger charge is -2.07. The van der Waals surface area contributed by atoms with Gasteiger partial charge in [-0.15, -0.1) is 0 Å². The molecule has 0 atom stereocenters. The highest BCUT2D eigenvalue weighted by Crippen LogP contribution is 2.22. The highest BCUT2D eigenvalue weighted by Gasteiger charge is 2.07. The fourth-order valence-corrected chi connectivity index (χ4v) is 3.17. The molecule has 1 aromatic heterocycles. The van der Waals surface area contributed by atoms with E-state index in [1.54, 1.807) is 24.3 Å². The zero-order chi connectivity index (χ0) is 20.5. The maximum atomic E-state index is 11.9. The van der Waals surface area contributed by atoms with Crippen molar-refractivity contribution in [1.29, 1.82) is 0 Å². The van der Waals surface area contributed by atoms with Gasteiger partial charge in [0, 0.05) is 23.1 Å². The molecular formula is C21H20N4O3S. The lowest BCUT2D eigenvalue weighted by molar-refractivity contribution is -0.123. The Balaban J connectivity index is 1.51. The van der Waals surface area contributed by atoms with Gasteiger partial charge in [-0.2, -0.15) is 10.1 Å². The minimum Gasteiger partial charge on any atom is -0.507 e. The van der Waals surface area contributed by atoms with Crippen molar-refractivity contribution >= 4 is 23.9 Å². The molecule has 0 aliphatic rings. The number of ether oxygens (including phenoxy) is 1. The Labute approximate surface area is 172 Å². The monoisotopic (exact) mass is 408 g/mol. The zero-order valence-corrected chi connectivity index (χ0v) is 16.6. The lowest BCUT2D eigenvalue weighted by Crippen LogP contribution is -2.25. The molecule has 0 saturated heterocycles. The van der Waals surface area contributed by atoms with Gasteiger partial charge in [0.15, 0.2) is 11.8 Å². The summed E-state index contributed by atoms with van der Waals surface area (Å²) in [4.78, 5) is 20.6. The van der Waals surface area contributed by atoms with Crippen molar-refractivity contribution in [2.24, 2.45) is 5.10 Å². The first kappa shape index (κ1) is 20.3. The van der Waals surface area contributed by atoms with E-state index in [2.05, 4.69) is 20.5 Å². The average Bonchev–Trinajstić information content (AvgIpc) is 2.73. The molecule has 8 heteroatoms. The van der Waals surface area contributed by atoms with Gasteiger partial charge in [0.25, 0.3) is 5.91 Å². The molecule has 0 unspecified atom stereocenters. The minimum absolute atomic E-state index is 0.0822. The number of phenols is 1. The first-order valence-electron chi connectivity index (χ1n) is 8.85. The highest BCUT2D eigenvalue weighted by molar-refractivity contribution is 7.98. The van der Waals surface area contributed by atoms with Gasteiger partial charge in [-0.25, -0.2) is 10.4 Å². The number of benzene rings is 2. The van der Waals surface area contributed by atoms with Crippen LogP contribution in [0.5, 0.6) is 11.6 Å². The molecule has 7 nitrogen and oxygen atoms in total. The van der Waals surface area contributed by atoms with Crippen LogP contribution in [0.3, 0.4) is 0 Å². The third-order valence-corrected chi connectivity index (χ3v) is 4.62. The molecular weight excluding hydrogens is 388 g/mol. The Bertz CT molecular complexity index is 996. The Hall–Kier alpha value is -3.39. The topological polar surface area (TPSA) is 96.7 Å². The van der Waals surface area contributed by atoms with E-state index in [0.29, 0.717) is 16.6 Å². The van der Waals surface area contributed by atoms with Crippen molar-refractivity contribution in [3.63, 3.8) is 0 Å². The van der Waals surface area contributed by atoms with Crippen LogP contribution in [0.25, 0.3) is 0 Å². The van der Waals surface area contributed by atoms with E-state index in [-0.39, 0.29) is 12.4 Å². The molecule has 0 radical (unpaired) electrons. The van der Waals surface area contributed by atoms with Crippen LogP contribution < -0.4 is 10.2 Å². The molecule has 0 saturated carbocycles. The smallest absolute Gasteiger partial charge is 0.278 e. The number of para-hydroxylation sites is 1. The predicted octanol–water partition coefficient (Wildman–Crippen LogP) is 3.31. The van der Waals surface area contributed by atoms with E-state index in [1.165, 1.54) is 29.6 Å². The molecule has 148 valence electrons. The number of thioether (sulfide) groups is 1. The molecule has 0 aliphatic carbocycles. The fourth-order valence-electron chi connectivity index (χ4n) is 2.32. The summed E-state index contributed by atoms with van der Waals surface area (Å²) in [6.45, 7) is 1.61. The minimum atomic E-state index is -0.438. The average molecular weight is 408 g/mol. The van der Waals surface area contributed by atoms with Crippen LogP contribution in [0.2, 0.25) is 0 Å². The predicted molar refractivity (Wildman–Crippen MR) is 112 cm³/mol.